The van der Waals surface area contributed by atoms with Gasteiger partial charge in [0, 0.05) is 17.8 Å². The van der Waals surface area contributed by atoms with Crippen LogP contribution in [0.2, 0.25) is 0 Å². The molecule has 19 heavy (non-hydrogen) atoms. The van der Waals surface area contributed by atoms with Crippen LogP contribution in [-0.4, -0.2) is 16.2 Å². The molecule has 0 saturated carbocycles. The van der Waals surface area contributed by atoms with Crippen LogP contribution in [0.4, 0.5) is 5.69 Å². The zero-order valence-electron chi connectivity index (χ0n) is 10.1. The van der Waals surface area contributed by atoms with E-state index in [0.717, 1.165) is 5.56 Å². The monoisotopic (exact) mass is 258 g/mol. The van der Waals surface area contributed by atoms with Crippen molar-refractivity contribution in [1.29, 1.82) is 0 Å². The third-order valence-electron chi connectivity index (χ3n) is 2.41. The SMILES string of the molecule is Cc1ccc(Oc2cncc(C=O)c2)c([N+](=O)[O-])c1. The predicted molar refractivity (Wildman–Crippen MR) is 67.5 cm³/mol. The molecular weight excluding hydrogens is 248 g/mol. The van der Waals surface area contributed by atoms with Crippen molar-refractivity contribution in [2.45, 2.75) is 6.92 Å². The molecule has 1 aromatic heterocycles. The van der Waals surface area contributed by atoms with Crippen molar-refractivity contribution >= 4 is 12.0 Å². The molecule has 0 spiro atoms. The number of rotatable bonds is 4. The van der Waals surface area contributed by atoms with Crippen molar-refractivity contribution in [2.75, 3.05) is 0 Å². The van der Waals surface area contributed by atoms with E-state index in [0.29, 0.717) is 11.8 Å². The molecule has 0 amide bonds. The number of hydrogen-bond donors (Lipinski definition) is 0. The molecule has 0 atom stereocenters. The molecule has 0 fully saturated rings. The standard InChI is InChI=1S/C13H10N2O4/c1-9-2-3-13(12(4-9)15(17)18)19-11-5-10(8-16)6-14-7-11/h2-8H,1H3. The Morgan fingerprint density at radius 2 is 2.11 bits per heavy atom. The molecule has 6 heteroatoms. The summed E-state index contributed by atoms with van der Waals surface area (Å²) in [5, 5.41) is 10.9. The fourth-order valence-corrected chi connectivity index (χ4v) is 1.54. The molecule has 0 N–H and O–H groups in total. The first kappa shape index (κ1) is 12.7. The molecule has 2 aromatic rings. The summed E-state index contributed by atoms with van der Waals surface area (Å²) in [6.07, 6.45) is 3.39. The Kier molecular flexibility index (Phi) is 3.51. The van der Waals surface area contributed by atoms with Gasteiger partial charge >= 0.3 is 5.69 Å². The van der Waals surface area contributed by atoms with Crippen LogP contribution in [0.25, 0.3) is 0 Å². The maximum Gasteiger partial charge on any atom is 0.311 e. The number of aromatic nitrogens is 1. The molecule has 6 nitrogen and oxygen atoms in total. The highest BCUT2D eigenvalue weighted by molar-refractivity contribution is 5.74. The number of aldehydes is 1. The lowest BCUT2D eigenvalue weighted by Crippen LogP contribution is -1.95. The molecule has 0 aliphatic carbocycles. The van der Waals surface area contributed by atoms with E-state index in [2.05, 4.69) is 4.98 Å². The first-order valence-corrected chi connectivity index (χ1v) is 5.43. The van der Waals surface area contributed by atoms with Crippen molar-refractivity contribution in [3.8, 4) is 11.5 Å². The number of ether oxygens (including phenoxy) is 1. The lowest BCUT2D eigenvalue weighted by molar-refractivity contribution is -0.385. The van der Waals surface area contributed by atoms with Crippen LogP contribution in [0.5, 0.6) is 11.5 Å². The van der Waals surface area contributed by atoms with Crippen LogP contribution >= 0.6 is 0 Å². The quantitative estimate of drug-likeness (QED) is 0.478. The van der Waals surface area contributed by atoms with E-state index in [1.807, 2.05) is 0 Å². The van der Waals surface area contributed by atoms with Gasteiger partial charge in [0.1, 0.15) is 5.75 Å². The van der Waals surface area contributed by atoms with Crippen LogP contribution < -0.4 is 4.74 Å². The van der Waals surface area contributed by atoms with Gasteiger partial charge in [0.25, 0.3) is 0 Å². The van der Waals surface area contributed by atoms with Crippen molar-refractivity contribution in [2.24, 2.45) is 0 Å². The Balaban J connectivity index is 2.37. The smallest absolute Gasteiger partial charge is 0.311 e. The average Bonchev–Trinajstić information content (AvgIpc) is 2.41. The number of aryl methyl sites for hydroxylation is 1. The van der Waals surface area contributed by atoms with Gasteiger partial charge in [-0.1, -0.05) is 6.07 Å². The van der Waals surface area contributed by atoms with E-state index >= 15 is 0 Å². The van der Waals surface area contributed by atoms with Gasteiger partial charge in [-0.2, -0.15) is 0 Å². The zero-order valence-corrected chi connectivity index (χ0v) is 10.1. The van der Waals surface area contributed by atoms with Gasteiger partial charge in [-0.3, -0.25) is 19.9 Å². The zero-order chi connectivity index (χ0) is 13.8. The van der Waals surface area contributed by atoms with E-state index < -0.39 is 4.92 Å². The topological polar surface area (TPSA) is 82.3 Å². The largest absolute Gasteiger partial charge is 0.448 e. The molecule has 0 aliphatic heterocycles. The number of benzene rings is 1. The Morgan fingerprint density at radius 1 is 1.32 bits per heavy atom. The average molecular weight is 258 g/mol. The van der Waals surface area contributed by atoms with Crippen LogP contribution in [0.15, 0.2) is 36.7 Å². The number of nitrogens with zero attached hydrogens (tertiary/aromatic N) is 2. The maximum absolute atomic E-state index is 10.9. The highest BCUT2D eigenvalue weighted by Crippen LogP contribution is 2.31. The van der Waals surface area contributed by atoms with Crippen molar-refractivity contribution in [1.82, 2.24) is 4.98 Å². The van der Waals surface area contributed by atoms with Gasteiger partial charge in [-0.25, -0.2) is 0 Å². The summed E-state index contributed by atoms with van der Waals surface area (Å²) in [6, 6.07) is 6.11. The Labute approximate surface area is 108 Å². The second-order valence-corrected chi connectivity index (χ2v) is 3.90. The number of nitro groups is 1. The molecule has 2 rings (SSSR count). The highest BCUT2D eigenvalue weighted by Gasteiger charge is 2.16. The number of pyridine rings is 1. The minimum atomic E-state index is -0.515. The summed E-state index contributed by atoms with van der Waals surface area (Å²) in [6.45, 7) is 1.76. The summed E-state index contributed by atoms with van der Waals surface area (Å²) in [4.78, 5) is 24.9. The third kappa shape index (κ3) is 2.92. The fraction of sp³-hybridized carbons (Fsp3) is 0.0769. The van der Waals surface area contributed by atoms with Crippen LogP contribution in [0.1, 0.15) is 15.9 Å². The highest BCUT2D eigenvalue weighted by atomic mass is 16.6. The van der Waals surface area contributed by atoms with Gasteiger partial charge in [0.2, 0.25) is 5.75 Å². The van der Waals surface area contributed by atoms with Crippen LogP contribution in [-0.2, 0) is 0 Å². The summed E-state index contributed by atoms with van der Waals surface area (Å²) in [5.41, 5.74) is 0.975. The van der Waals surface area contributed by atoms with Gasteiger partial charge in [0.15, 0.2) is 6.29 Å². The normalized spacial score (nSPS) is 9.95. The lowest BCUT2D eigenvalue weighted by atomic mass is 10.2. The molecule has 0 radical (unpaired) electrons. The summed E-state index contributed by atoms with van der Waals surface area (Å²) >= 11 is 0. The second kappa shape index (κ2) is 5.26. The lowest BCUT2D eigenvalue weighted by Gasteiger charge is -2.06. The van der Waals surface area contributed by atoms with Crippen molar-refractivity contribution < 1.29 is 14.5 Å². The molecule has 0 unspecified atom stereocenters. The van der Waals surface area contributed by atoms with Crippen LogP contribution in [0.3, 0.4) is 0 Å². The third-order valence-corrected chi connectivity index (χ3v) is 2.41. The first-order chi connectivity index (χ1) is 9.10. The van der Waals surface area contributed by atoms with E-state index in [9.17, 15) is 14.9 Å². The fourth-order valence-electron chi connectivity index (χ4n) is 1.54. The molecule has 0 aliphatic rings. The number of carbonyl (C=O) groups is 1. The summed E-state index contributed by atoms with van der Waals surface area (Å²) in [7, 11) is 0. The van der Waals surface area contributed by atoms with E-state index in [-0.39, 0.29) is 17.2 Å². The molecule has 0 bridgehead atoms. The van der Waals surface area contributed by atoms with Gasteiger partial charge in [0.05, 0.1) is 11.1 Å². The molecule has 0 saturated heterocycles. The van der Waals surface area contributed by atoms with Gasteiger partial charge in [-0.15, -0.1) is 0 Å². The molecular formula is C13H10N2O4. The van der Waals surface area contributed by atoms with Crippen molar-refractivity contribution in [3.63, 3.8) is 0 Å². The number of nitro benzene ring substituents is 1. The van der Waals surface area contributed by atoms with Crippen LogP contribution in [0, 0.1) is 17.0 Å². The molecule has 1 aromatic carbocycles. The minimum Gasteiger partial charge on any atom is -0.448 e. The minimum absolute atomic E-state index is 0.112. The number of hydrogen-bond acceptors (Lipinski definition) is 5. The maximum atomic E-state index is 10.9. The summed E-state index contributed by atoms with van der Waals surface area (Å²) in [5.74, 6) is 0.386. The Morgan fingerprint density at radius 3 is 2.79 bits per heavy atom. The van der Waals surface area contributed by atoms with Crippen molar-refractivity contribution in [3.05, 3.63) is 57.9 Å². The molecule has 96 valence electrons. The second-order valence-electron chi connectivity index (χ2n) is 3.90. The van der Waals surface area contributed by atoms with Gasteiger partial charge < -0.3 is 4.74 Å². The Bertz CT molecular complexity index is 640. The van der Waals surface area contributed by atoms with Gasteiger partial charge in [-0.05, 0) is 24.6 Å². The molecule has 1 heterocycles. The van der Waals surface area contributed by atoms with E-state index in [1.54, 1.807) is 13.0 Å². The Hall–Kier alpha value is -2.76. The number of carbonyl (C=O) groups excluding carboxylic acids is 1. The van der Waals surface area contributed by atoms with E-state index in [1.165, 1.54) is 30.6 Å². The summed E-state index contributed by atoms with van der Waals surface area (Å²) < 4.78 is 5.41. The predicted octanol–water partition coefficient (Wildman–Crippen LogP) is 2.90. The first-order valence-electron chi connectivity index (χ1n) is 5.43. The van der Waals surface area contributed by atoms with E-state index in [4.69, 9.17) is 4.74 Å².